The molecule has 1 saturated heterocycles. The molecule has 0 spiro atoms. The van der Waals surface area contributed by atoms with Crippen LogP contribution >= 0.6 is 0 Å². The largest absolute Gasteiger partial charge is 0.494 e. The minimum absolute atomic E-state index is 0.390. The van der Waals surface area contributed by atoms with Crippen LogP contribution in [-0.2, 0) is 0 Å². The van der Waals surface area contributed by atoms with E-state index in [2.05, 4.69) is 62.3 Å². The summed E-state index contributed by atoms with van der Waals surface area (Å²) in [5.74, 6) is 1.68. The van der Waals surface area contributed by atoms with Crippen LogP contribution in [0.1, 0.15) is 45.2 Å². The molecule has 3 nitrogen and oxygen atoms in total. The summed E-state index contributed by atoms with van der Waals surface area (Å²) in [5, 5.41) is 3.80. The van der Waals surface area contributed by atoms with Crippen LogP contribution in [0, 0.1) is 5.92 Å². The van der Waals surface area contributed by atoms with Crippen molar-refractivity contribution in [2.45, 2.75) is 45.7 Å². The van der Waals surface area contributed by atoms with Gasteiger partial charge in [-0.15, -0.1) is 0 Å². The van der Waals surface area contributed by atoms with E-state index in [1.54, 1.807) is 0 Å². The Morgan fingerprint density at radius 1 is 1.33 bits per heavy atom. The molecule has 1 heterocycles. The summed E-state index contributed by atoms with van der Waals surface area (Å²) in [7, 11) is 2.21. The molecular formula is C18H30N2O. The molecule has 1 fully saturated rings. The average Bonchev–Trinajstić information content (AvgIpc) is 2.48. The summed E-state index contributed by atoms with van der Waals surface area (Å²) >= 11 is 0. The summed E-state index contributed by atoms with van der Waals surface area (Å²) < 4.78 is 5.64. The van der Waals surface area contributed by atoms with Gasteiger partial charge < -0.3 is 15.0 Å². The zero-order chi connectivity index (χ0) is 15.2. The van der Waals surface area contributed by atoms with Gasteiger partial charge in [0.2, 0.25) is 0 Å². The fourth-order valence-electron chi connectivity index (χ4n) is 3.09. The Morgan fingerprint density at radius 3 is 2.67 bits per heavy atom. The topological polar surface area (TPSA) is 24.5 Å². The molecule has 1 aromatic carbocycles. The minimum atomic E-state index is 0.390. The van der Waals surface area contributed by atoms with Gasteiger partial charge in [-0.05, 0) is 57.0 Å². The van der Waals surface area contributed by atoms with Crippen LogP contribution in [0.15, 0.2) is 24.3 Å². The average molecular weight is 290 g/mol. The fourth-order valence-corrected chi connectivity index (χ4v) is 3.09. The molecule has 0 saturated carbocycles. The molecule has 0 bridgehead atoms. The first-order chi connectivity index (χ1) is 10.1. The molecule has 1 aromatic rings. The molecule has 0 aromatic heterocycles. The zero-order valence-electron chi connectivity index (χ0n) is 13.9. The predicted molar refractivity (Wildman–Crippen MR) is 88.8 cm³/mol. The van der Waals surface area contributed by atoms with Crippen LogP contribution in [0.25, 0.3) is 0 Å². The number of piperidine rings is 1. The van der Waals surface area contributed by atoms with E-state index in [4.69, 9.17) is 4.74 Å². The Morgan fingerprint density at radius 2 is 2.05 bits per heavy atom. The van der Waals surface area contributed by atoms with Crippen LogP contribution < -0.4 is 10.1 Å². The number of ether oxygens (including phenoxy) is 1. The Kier molecular flexibility index (Phi) is 6.07. The molecular weight excluding hydrogens is 260 g/mol. The summed E-state index contributed by atoms with van der Waals surface area (Å²) in [4.78, 5) is 2.42. The van der Waals surface area contributed by atoms with Crippen LogP contribution in [0.4, 0.5) is 0 Å². The first-order valence-corrected chi connectivity index (χ1v) is 8.27. The van der Waals surface area contributed by atoms with E-state index < -0.39 is 0 Å². The van der Waals surface area contributed by atoms with Gasteiger partial charge in [0.05, 0.1) is 6.61 Å². The van der Waals surface area contributed by atoms with Gasteiger partial charge >= 0.3 is 0 Å². The number of hydrogen-bond acceptors (Lipinski definition) is 3. The van der Waals surface area contributed by atoms with E-state index in [9.17, 15) is 0 Å². The predicted octanol–water partition coefficient (Wildman–Crippen LogP) is 3.47. The van der Waals surface area contributed by atoms with Gasteiger partial charge in [-0.3, -0.25) is 0 Å². The molecule has 1 aliphatic rings. The lowest BCUT2D eigenvalue weighted by molar-refractivity contribution is 0.168. The van der Waals surface area contributed by atoms with Gasteiger partial charge in [-0.1, -0.05) is 26.0 Å². The highest BCUT2D eigenvalue weighted by Gasteiger charge is 2.25. The number of hydrogen-bond donors (Lipinski definition) is 1. The smallest absolute Gasteiger partial charge is 0.119 e. The van der Waals surface area contributed by atoms with Crippen molar-refractivity contribution >= 4 is 0 Å². The zero-order valence-corrected chi connectivity index (χ0v) is 13.9. The van der Waals surface area contributed by atoms with Gasteiger partial charge in [0, 0.05) is 18.6 Å². The second-order valence-corrected chi connectivity index (χ2v) is 6.44. The Hall–Kier alpha value is -1.06. The maximum atomic E-state index is 5.64. The second-order valence-electron chi connectivity index (χ2n) is 6.44. The lowest BCUT2D eigenvalue weighted by Gasteiger charge is -2.37. The molecule has 1 N–H and O–H groups in total. The fraction of sp³-hybridized carbons (Fsp3) is 0.667. The number of likely N-dealkylation sites (tertiary alicyclic amines) is 1. The van der Waals surface area contributed by atoms with E-state index >= 15 is 0 Å². The lowest BCUT2D eigenvalue weighted by Crippen LogP contribution is -2.47. The van der Waals surface area contributed by atoms with Crippen LogP contribution in [-0.4, -0.2) is 37.7 Å². The third kappa shape index (κ3) is 4.72. The second kappa shape index (κ2) is 7.81. The van der Waals surface area contributed by atoms with E-state index in [-0.39, 0.29) is 0 Å². The van der Waals surface area contributed by atoms with Gasteiger partial charge in [0.1, 0.15) is 5.75 Å². The highest BCUT2D eigenvalue weighted by molar-refractivity contribution is 5.29. The molecule has 0 amide bonds. The lowest BCUT2D eigenvalue weighted by atomic mass is 9.93. The van der Waals surface area contributed by atoms with Gasteiger partial charge in [-0.25, -0.2) is 0 Å². The van der Waals surface area contributed by atoms with Gasteiger partial charge in [0.25, 0.3) is 0 Å². The SMILES string of the molecule is CCCOc1ccc(C(C)NC2CCN(C)CC2C)cc1. The maximum absolute atomic E-state index is 5.64. The highest BCUT2D eigenvalue weighted by Crippen LogP contribution is 2.22. The van der Waals surface area contributed by atoms with Crippen molar-refractivity contribution in [2.24, 2.45) is 5.92 Å². The number of rotatable bonds is 6. The third-order valence-electron chi connectivity index (χ3n) is 4.43. The van der Waals surface area contributed by atoms with Crippen LogP contribution in [0.3, 0.4) is 0 Å². The minimum Gasteiger partial charge on any atom is -0.494 e. The van der Waals surface area contributed by atoms with Crippen molar-refractivity contribution in [3.63, 3.8) is 0 Å². The van der Waals surface area contributed by atoms with E-state index in [0.717, 1.165) is 18.8 Å². The third-order valence-corrected chi connectivity index (χ3v) is 4.43. The Balaban J connectivity index is 1.89. The van der Waals surface area contributed by atoms with E-state index in [1.807, 2.05) is 0 Å². The van der Waals surface area contributed by atoms with E-state index in [1.165, 1.54) is 25.1 Å². The van der Waals surface area contributed by atoms with Crippen LogP contribution in [0.2, 0.25) is 0 Å². The normalized spacial score (nSPS) is 24.8. The quantitative estimate of drug-likeness (QED) is 0.868. The number of nitrogens with zero attached hydrogens (tertiary/aromatic N) is 1. The van der Waals surface area contributed by atoms with Crippen molar-refractivity contribution in [3.8, 4) is 5.75 Å². The summed E-state index contributed by atoms with van der Waals surface area (Å²) in [5.41, 5.74) is 1.34. The van der Waals surface area contributed by atoms with Crippen LogP contribution in [0.5, 0.6) is 5.75 Å². The Labute approximate surface area is 129 Å². The van der Waals surface area contributed by atoms with Crippen molar-refractivity contribution < 1.29 is 4.74 Å². The maximum Gasteiger partial charge on any atom is 0.119 e. The van der Waals surface area contributed by atoms with Crippen molar-refractivity contribution in [1.29, 1.82) is 0 Å². The Bertz CT molecular complexity index is 418. The monoisotopic (exact) mass is 290 g/mol. The molecule has 3 unspecified atom stereocenters. The van der Waals surface area contributed by atoms with Crippen molar-refractivity contribution in [1.82, 2.24) is 10.2 Å². The molecule has 2 rings (SSSR count). The summed E-state index contributed by atoms with van der Waals surface area (Å²) in [6.07, 6.45) is 2.29. The first kappa shape index (κ1) is 16.3. The highest BCUT2D eigenvalue weighted by atomic mass is 16.5. The van der Waals surface area contributed by atoms with Crippen molar-refractivity contribution in [2.75, 3.05) is 26.7 Å². The number of nitrogens with one attached hydrogen (secondary N) is 1. The summed E-state index contributed by atoms with van der Waals surface area (Å²) in [6.45, 7) is 9.91. The molecule has 118 valence electrons. The molecule has 3 atom stereocenters. The van der Waals surface area contributed by atoms with Gasteiger partial charge in [0.15, 0.2) is 0 Å². The molecule has 21 heavy (non-hydrogen) atoms. The molecule has 3 heteroatoms. The molecule has 0 radical (unpaired) electrons. The van der Waals surface area contributed by atoms with E-state index in [0.29, 0.717) is 18.0 Å². The summed E-state index contributed by atoms with van der Waals surface area (Å²) in [6, 6.07) is 9.54. The standard InChI is InChI=1S/C18H30N2O/c1-5-12-21-17-8-6-16(7-9-17)15(3)19-18-10-11-20(4)13-14(18)2/h6-9,14-15,18-19H,5,10-13H2,1-4H3. The van der Waals surface area contributed by atoms with Crippen molar-refractivity contribution in [3.05, 3.63) is 29.8 Å². The first-order valence-electron chi connectivity index (χ1n) is 8.27. The number of benzene rings is 1. The molecule has 0 aliphatic carbocycles. The van der Waals surface area contributed by atoms with Gasteiger partial charge in [-0.2, -0.15) is 0 Å². The molecule has 1 aliphatic heterocycles.